The zero-order valence-corrected chi connectivity index (χ0v) is 16.5. The fourth-order valence-electron chi connectivity index (χ4n) is 2.67. The highest BCUT2D eigenvalue weighted by molar-refractivity contribution is 7.90. The summed E-state index contributed by atoms with van der Waals surface area (Å²) in [7, 11) is -4.21. The molecule has 0 aromatic heterocycles. The van der Waals surface area contributed by atoms with Crippen molar-refractivity contribution in [1.29, 1.82) is 0 Å². The summed E-state index contributed by atoms with van der Waals surface area (Å²) in [5.41, 5.74) is -0.578. The number of amides is 1. The number of hydrogen-bond acceptors (Lipinski definition) is 9. The third-order valence-electron chi connectivity index (χ3n) is 4.04. The van der Waals surface area contributed by atoms with E-state index in [1.54, 1.807) is 6.92 Å². The van der Waals surface area contributed by atoms with Crippen LogP contribution < -0.4 is 0 Å². The topological polar surface area (TPSA) is 150 Å². The van der Waals surface area contributed by atoms with Crippen LogP contribution in [0.15, 0.2) is 23.1 Å². The average Bonchev–Trinajstić information content (AvgIpc) is 2.85. The Morgan fingerprint density at radius 3 is 2.45 bits per heavy atom. The summed E-state index contributed by atoms with van der Waals surface area (Å²) in [4.78, 5) is 44.8. The third kappa shape index (κ3) is 5.28. The summed E-state index contributed by atoms with van der Waals surface area (Å²) in [6.07, 6.45) is 0.316. The molecule has 1 aromatic carbocycles. The molecule has 0 spiro atoms. The van der Waals surface area contributed by atoms with Gasteiger partial charge in [0.15, 0.2) is 0 Å². The minimum Gasteiger partial charge on any atom is -0.466 e. The Balaban J connectivity index is 1.85. The van der Waals surface area contributed by atoms with Crippen LogP contribution in [0.3, 0.4) is 0 Å². The van der Waals surface area contributed by atoms with E-state index in [-0.39, 0.29) is 50.6 Å². The number of non-ortho nitro benzene ring substituents is 1. The van der Waals surface area contributed by atoms with Crippen molar-refractivity contribution in [1.82, 2.24) is 4.31 Å². The summed E-state index contributed by atoms with van der Waals surface area (Å²) in [5.74, 6) is -1.77. The Hall–Kier alpha value is -3.02. The number of nitro benzene ring substituents is 1. The van der Waals surface area contributed by atoms with Gasteiger partial charge in [0.1, 0.15) is 4.90 Å². The van der Waals surface area contributed by atoms with Crippen LogP contribution in [0.5, 0.6) is 0 Å². The van der Waals surface area contributed by atoms with Crippen molar-refractivity contribution in [3.63, 3.8) is 0 Å². The monoisotopic (exact) mass is 428 g/mol. The lowest BCUT2D eigenvalue weighted by molar-refractivity contribution is -0.385. The SMILES string of the molecule is CCOC(=O)CCCOC(=O)CCCN1C(=O)c2ccc([N+](=O)[O-])cc2S1(=O)=O. The van der Waals surface area contributed by atoms with E-state index in [2.05, 4.69) is 0 Å². The highest BCUT2D eigenvalue weighted by atomic mass is 32.2. The minimum absolute atomic E-state index is 0.0215. The number of carbonyl (C=O) groups excluding carboxylic acids is 3. The molecule has 158 valence electrons. The molecule has 1 aliphatic heterocycles. The first-order chi connectivity index (χ1) is 13.7. The highest BCUT2D eigenvalue weighted by Gasteiger charge is 2.41. The molecule has 0 saturated carbocycles. The zero-order chi connectivity index (χ0) is 21.6. The summed E-state index contributed by atoms with van der Waals surface area (Å²) in [6, 6.07) is 3.01. The van der Waals surface area contributed by atoms with Gasteiger partial charge in [0, 0.05) is 31.5 Å². The maximum absolute atomic E-state index is 12.5. The van der Waals surface area contributed by atoms with E-state index >= 15 is 0 Å². The fraction of sp³-hybridized carbons (Fsp3) is 0.471. The Morgan fingerprint density at radius 2 is 1.79 bits per heavy atom. The Morgan fingerprint density at radius 1 is 1.14 bits per heavy atom. The second-order valence-electron chi connectivity index (χ2n) is 6.05. The zero-order valence-electron chi connectivity index (χ0n) is 15.7. The number of esters is 2. The van der Waals surface area contributed by atoms with E-state index in [1.807, 2.05) is 0 Å². The van der Waals surface area contributed by atoms with Gasteiger partial charge in [-0.15, -0.1) is 0 Å². The number of nitrogens with zero attached hydrogens (tertiary/aromatic N) is 2. The fourth-order valence-corrected chi connectivity index (χ4v) is 4.30. The van der Waals surface area contributed by atoms with Gasteiger partial charge in [0.25, 0.3) is 21.6 Å². The average molecular weight is 428 g/mol. The van der Waals surface area contributed by atoms with Crippen LogP contribution >= 0.6 is 0 Å². The standard InChI is InChI=1S/C17H20N2O9S/c1-2-27-15(20)6-4-10-28-16(21)5-3-9-18-17(22)13-8-7-12(19(23)24)11-14(13)29(18,25)26/h7-8,11H,2-6,9-10H2,1H3. The molecule has 1 heterocycles. The highest BCUT2D eigenvalue weighted by Crippen LogP contribution is 2.33. The van der Waals surface area contributed by atoms with Crippen LogP contribution in [-0.2, 0) is 29.1 Å². The Labute approximate surface area is 166 Å². The van der Waals surface area contributed by atoms with Crippen molar-refractivity contribution in [2.75, 3.05) is 19.8 Å². The van der Waals surface area contributed by atoms with Gasteiger partial charge in [-0.1, -0.05) is 0 Å². The molecule has 12 heteroatoms. The molecule has 0 saturated heterocycles. The largest absolute Gasteiger partial charge is 0.466 e. The smallest absolute Gasteiger partial charge is 0.305 e. The summed E-state index contributed by atoms with van der Waals surface area (Å²) in [6.45, 7) is 1.71. The summed E-state index contributed by atoms with van der Waals surface area (Å²) < 4.78 is 35.3. The molecule has 29 heavy (non-hydrogen) atoms. The molecule has 1 aromatic rings. The van der Waals surface area contributed by atoms with Crippen molar-refractivity contribution in [3.8, 4) is 0 Å². The lowest BCUT2D eigenvalue weighted by Gasteiger charge is -2.14. The van der Waals surface area contributed by atoms with E-state index in [9.17, 15) is 32.9 Å². The maximum atomic E-state index is 12.5. The molecule has 0 fully saturated rings. The van der Waals surface area contributed by atoms with Crippen LogP contribution in [-0.4, -0.2) is 55.3 Å². The van der Waals surface area contributed by atoms with Crippen LogP contribution in [0.4, 0.5) is 5.69 Å². The van der Waals surface area contributed by atoms with Crippen molar-refractivity contribution in [2.24, 2.45) is 0 Å². The number of benzene rings is 1. The van der Waals surface area contributed by atoms with Crippen LogP contribution in [0.1, 0.15) is 43.0 Å². The lowest BCUT2D eigenvalue weighted by Crippen LogP contribution is -2.31. The van der Waals surface area contributed by atoms with Crippen LogP contribution in [0.25, 0.3) is 0 Å². The second-order valence-corrected chi connectivity index (χ2v) is 7.88. The number of sulfonamides is 1. The van der Waals surface area contributed by atoms with Gasteiger partial charge in [0.2, 0.25) is 0 Å². The molecule has 0 unspecified atom stereocenters. The number of nitro groups is 1. The van der Waals surface area contributed by atoms with E-state index in [0.717, 1.165) is 18.2 Å². The van der Waals surface area contributed by atoms with Crippen molar-refractivity contribution >= 4 is 33.6 Å². The predicted octanol–water partition coefficient (Wildman–Crippen LogP) is 1.41. The molecule has 0 aliphatic carbocycles. The molecule has 0 atom stereocenters. The maximum Gasteiger partial charge on any atom is 0.305 e. The van der Waals surface area contributed by atoms with E-state index in [4.69, 9.17) is 9.47 Å². The van der Waals surface area contributed by atoms with Gasteiger partial charge >= 0.3 is 11.9 Å². The molecule has 0 bridgehead atoms. The van der Waals surface area contributed by atoms with Crippen molar-refractivity contribution in [3.05, 3.63) is 33.9 Å². The summed E-state index contributed by atoms with van der Waals surface area (Å²) >= 11 is 0. The minimum atomic E-state index is -4.21. The second kappa shape index (κ2) is 9.45. The number of carbonyl (C=O) groups is 3. The van der Waals surface area contributed by atoms with E-state index < -0.39 is 37.4 Å². The van der Waals surface area contributed by atoms with Gasteiger partial charge in [0.05, 0.1) is 23.7 Å². The summed E-state index contributed by atoms with van der Waals surface area (Å²) in [5, 5.41) is 10.8. The Kier molecular flexibility index (Phi) is 7.26. The molecule has 0 radical (unpaired) electrons. The lowest BCUT2D eigenvalue weighted by atomic mass is 10.2. The molecular weight excluding hydrogens is 408 g/mol. The normalized spacial score (nSPS) is 14.4. The van der Waals surface area contributed by atoms with E-state index in [0.29, 0.717) is 10.7 Å². The third-order valence-corrected chi connectivity index (χ3v) is 5.86. The molecule has 2 rings (SSSR count). The number of ether oxygens (including phenoxy) is 2. The molecule has 1 aliphatic rings. The Bertz CT molecular complexity index is 927. The molecule has 11 nitrogen and oxygen atoms in total. The van der Waals surface area contributed by atoms with Gasteiger partial charge in [-0.25, -0.2) is 12.7 Å². The first-order valence-electron chi connectivity index (χ1n) is 8.85. The van der Waals surface area contributed by atoms with Gasteiger partial charge in [-0.3, -0.25) is 24.5 Å². The predicted molar refractivity (Wildman–Crippen MR) is 97.4 cm³/mol. The van der Waals surface area contributed by atoms with Crippen LogP contribution in [0, 0.1) is 10.1 Å². The van der Waals surface area contributed by atoms with Gasteiger partial charge in [-0.2, -0.15) is 0 Å². The number of hydrogen-bond donors (Lipinski definition) is 0. The van der Waals surface area contributed by atoms with Crippen LogP contribution in [0.2, 0.25) is 0 Å². The van der Waals surface area contributed by atoms with E-state index in [1.165, 1.54) is 0 Å². The first-order valence-corrected chi connectivity index (χ1v) is 10.3. The molecule has 1 amide bonds. The van der Waals surface area contributed by atoms with Gasteiger partial charge < -0.3 is 9.47 Å². The van der Waals surface area contributed by atoms with Crippen molar-refractivity contribution < 1.29 is 37.2 Å². The molecule has 0 N–H and O–H groups in total. The van der Waals surface area contributed by atoms with Gasteiger partial charge in [-0.05, 0) is 25.8 Å². The van der Waals surface area contributed by atoms with Crippen molar-refractivity contribution in [2.45, 2.75) is 37.5 Å². The quantitative estimate of drug-likeness (QED) is 0.233. The number of fused-ring (bicyclic) bond motifs is 1. The molecular formula is C17H20N2O9S. The number of rotatable bonds is 10. The first kappa shape index (κ1) is 22.3.